The number of amides is 1. The van der Waals surface area contributed by atoms with E-state index in [9.17, 15) is 23.3 Å². The molecule has 1 amide bonds. The topological polar surface area (TPSA) is 128 Å². The fourth-order valence-corrected chi connectivity index (χ4v) is 3.70. The Hall–Kier alpha value is -1.65. The number of nitrogens with one attached hydrogen (secondary N) is 2. The molecular formula is C15H22ClN3O6S. The van der Waals surface area contributed by atoms with Crippen LogP contribution in [-0.4, -0.2) is 49.3 Å². The maximum absolute atomic E-state index is 11.7. The fourth-order valence-electron chi connectivity index (χ4n) is 3.03. The Balaban J connectivity index is 2.32. The van der Waals surface area contributed by atoms with Gasteiger partial charge in [0.1, 0.15) is 12.0 Å². The molecule has 0 aromatic carbocycles. The molecule has 1 fully saturated rings. The van der Waals surface area contributed by atoms with E-state index in [2.05, 4.69) is 10.0 Å². The first-order valence-corrected chi connectivity index (χ1v) is 10.6. The van der Waals surface area contributed by atoms with Crippen LogP contribution in [0.2, 0.25) is 0 Å². The number of hydrogen-bond donors (Lipinski definition) is 2. The highest BCUT2D eigenvalue weighted by atomic mass is 35.5. The first kappa shape index (κ1) is 20.7. The van der Waals surface area contributed by atoms with Crippen molar-refractivity contribution in [3.8, 4) is 0 Å². The summed E-state index contributed by atoms with van der Waals surface area (Å²) in [7, 11) is -3.70. The van der Waals surface area contributed by atoms with Crippen molar-refractivity contribution in [2.75, 3.05) is 12.1 Å². The van der Waals surface area contributed by atoms with Crippen molar-refractivity contribution in [3.05, 3.63) is 34.0 Å². The summed E-state index contributed by atoms with van der Waals surface area (Å²) in [5.41, 5.74) is -2.10. The van der Waals surface area contributed by atoms with Gasteiger partial charge in [-0.25, -0.2) is 8.42 Å². The molecule has 9 nitrogen and oxygen atoms in total. The minimum atomic E-state index is -3.70. The second-order valence-electron chi connectivity index (χ2n) is 6.41. The van der Waals surface area contributed by atoms with E-state index in [1.54, 1.807) is 0 Å². The summed E-state index contributed by atoms with van der Waals surface area (Å²) < 4.78 is 31.6. The zero-order chi connectivity index (χ0) is 19.4. The number of alkyl halides is 1. The van der Waals surface area contributed by atoms with Gasteiger partial charge in [0.2, 0.25) is 15.9 Å². The zero-order valence-corrected chi connectivity index (χ0v) is 15.9. The molecule has 0 heterocycles. The molecule has 26 heavy (non-hydrogen) atoms. The predicted molar refractivity (Wildman–Crippen MR) is 95.5 cm³/mol. The lowest BCUT2D eigenvalue weighted by atomic mass is 9.96. The molecule has 0 aromatic rings. The van der Waals surface area contributed by atoms with E-state index in [-0.39, 0.29) is 11.8 Å². The number of nitro groups is 1. The van der Waals surface area contributed by atoms with Crippen molar-refractivity contribution in [2.24, 2.45) is 0 Å². The second-order valence-corrected chi connectivity index (χ2v) is 8.43. The van der Waals surface area contributed by atoms with E-state index in [1.165, 1.54) is 12.2 Å². The number of ether oxygens (including phenoxy) is 1. The molecule has 0 aliphatic heterocycles. The summed E-state index contributed by atoms with van der Waals surface area (Å²) in [5.74, 6) is -1.22. The molecule has 2 atom stereocenters. The fraction of sp³-hybridized carbons (Fsp3) is 0.667. The summed E-state index contributed by atoms with van der Waals surface area (Å²) >= 11 is 5.42. The molecule has 0 bridgehead atoms. The molecule has 1 saturated carbocycles. The average Bonchev–Trinajstić information content (AvgIpc) is 2.56. The summed E-state index contributed by atoms with van der Waals surface area (Å²) in [5, 5.41) is 13.8. The van der Waals surface area contributed by atoms with E-state index >= 15 is 0 Å². The van der Waals surface area contributed by atoms with Crippen LogP contribution in [0.15, 0.2) is 23.9 Å². The van der Waals surface area contributed by atoms with Crippen molar-refractivity contribution in [1.82, 2.24) is 10.0 Å². The van der Waals surface area contributed by atoms with Crippen LogP contribution in [0.1, 0.15) is 32.1 Å². The van der Waals surface area contributed by atoms with Gasteiger partial charge in [0.15, 0.2) is 0 Å². The van der Waals surface area contributed by atoms with Crippen LogP contribution in [0.5, 0.6) is 0 Å². The minimum Gasteiger partial charge on any atom is -0.365 e. The third-order valence-electron chi connectivity index (χ3n) is 4.16. The van der Waals surface area contributed by atoms with Crippen LogP contribution >= 0.6 is 11.6 Å². The van der Waals surface area contributed by atoms with Gasteiger partial charge in [-0.1, -0.05) is 19.3 Å². The Morgan fingerprint density at radius 1 is 1.42 bits per heavy atom. The molecule has 2 rings (SSSR count). The van der Waals surface area contributed by atoms with Gasteiger partial charge in [0.25, 0.3) is 0 Å². The number of rotatable bonds is 7. The van der Waals surface area contributed by atoms with Crippen LogP contribution in [-0.2, 0) is 19.6 Å². The van der Waals surface area contributed by atoms with Gasteiger partial charge in [-0.3, -0.25) is 24.9 Å². The Morgan fingerprint density at radius 2 is 2.08 bits per heavy atom. The number of hydrogen-bond acceptors (Lipinski definition) is 6. The highest BCUT2D eigenvalue weighted by Crippen LogP contribution is 2.27. The maximum atomic E-state index is 11.7. The van der Waals surface area contributed by atoms with Crippen LogP contribution in [0.4, 0.5) is 0 Å². The van der Waals surface area contributed by atoms with Crippen LogP contribution < -0.4 is 10.0 Å². The van der Waals surface area contributed by atoms with Gasteiger partial charge in [-0.05, 0) is 18.9 Å². The van der Waals surface area contributed by atoms with E-state index in [0.29, 0.717) is 0 Å². The monoisotopic (exact) mass is 407 g/mol. The van der Waals surface area contributed by atoms with Gasteiger partial charge in [-0.15, -0.1) is 11.6 Å². The Kier molecular flexibility index (Phi) is 6.64. The molecule has 0 saturated heterocycles. The lowest BCUT2D eigenvalue weighted by Crippen LogP contribution is -2.54. The first-order chi connectivity index (χ1) is 12.1. The molecule has 146 valence electrons. The van der Waals surface area contributed by atoms with Gasteiger partial charge in [0.05, 0.1) is 23.0 Å². The van der Waals surface area contributed by atoms with Crippen molar-refractivity contribution < 1.29 is 22.9 Å². The number of carbonyl (C=O) groups is 1. The minimum absolute atomic E-state index is 0.00727. The molecule has 0 spiro atoms. The second kappa shape index (κ2) is 8.36. The Morgan fingerprint density at radius 3 is 2.62 bits per heavy atom. The molecule has 2 aliphatic carbocycles. The SMILES string of the molecule is CS(=O)(=O)NC1=CC(NC(=O)CCl)([N+](=O)[O-])C=CC1OC1CCCCC1. The number of halogens is 1. The number of nitrogens with zero attached hydrogens (tertiary/aromatic N) is 1. The van der Waals surface area contributed by atoms with Gasteiger partial charge in [-0.2, -0.15) is 0 Å². The van der Waals surface area contributed by atoms with Gasteiger partial charge in [0, 0.05) is 12.2 Å². The quantitative estimate of drug-likeness (QED) is 0.213. The molecular weight excluding hydrogens is 386 g/mol. The van der Waals surface area contributed by atoms with Gasteiger partial charge >= 0.3 is 5.66 Å². The Labute approximate surface area is 157 Å². The largest absolute Gasteiger partial charge is 0.365 e. The molecule has 0 aromatic heterocycles. The third-order valence-corrected chi connectivity index (χ3v) is 5.01. The molecule has 2 N–H and O–H groups in total. The standard InChI is InChI=1S/C15H22ClN3O6S/c1-26(23,24)18-12-9-15(19(21)22,17-14(20)10-16)8-7-13(12)25-11-5-3-2-4-6-11/h7-9,11,13,18H,2-6,10H2,1H3,(H,17,20). The van der Waals surface area contributed by atoms with E-state index < -0.39 is 38.5 Å². The smallest absolute Gasteiger partial charge is 0.336 e. The van der Waals surface area contributed by atoms with Crippen molar-refractivity contribution in [2.45, 2.75) is 50.0 Å². The number of carbonyl (C=O) groups excluding carboxylic acids is 1. The third kappa shape index (κ3) is 5.42. The Bertz CT molecular complexity index is 717. The summed E-state index contributed by atoms with van der Waals surface area (Å²) in [6.45, 7) is 0. The highest BCUT2D eigenvalue weighted by molar-refractivity contribution is 7.88. The van der Waals surface area contributed by atoms with Crippen LogP contribution in [0.3, 0.4) is 0 Å². The molecule has 2 aliphatic rings. The molecule has 11 heteroatoms. The van der Waals surface area contributed by atoms with E-state index in [4.69, 9.17) is 16.3 Å². The molecule has 0 radical (unpaired) electrons. The average molecular weight is 408 g/mol. The lowest BCUT2D eigenvalue weighted by molar-refractivity contribution is -0.546. The van der Waals surface area contributed by atoms with Crippen molar-refractivity contribution >= 4 is 27.5 Å². The normalized spacial score (nSPS) is 26.8. The van der Waals surface area contributed by atoms with Crippen molar-refractivity contribution in [1.29, 1.82) is 0 Å². The zero-order valence-electron chi connectivity index (χ0n) is 14.3. The van der Waals surface area contributed by atoms with Gasteiger partial charge < -0.3 is 4.74 Å². The maximum Gasteiger partial charge on any atom is 0.336 e. The van der Waals surface area contributed by atoms with E-state index in [0.717, 1.165) is 44.4 Å². The summed E-state index contributed by atoms with van der Waals surface area (Å²) in [6.07, 6.45) is 8.57. The summed E-state index contributed by atoms with van der Waals surface area (Å²) in [6, 6.07) is 0. The predicted octanol–water partition coefficient (Wildman–Crippen LogP) is 1.04. The van der Waals surface area contributed by atoms with Crippen LogP contribution in [0.25, 0.3) is 0 Å². The highest BCUT2D eigenvalue weighted by Gasteiger charge is 2.44. The lowest BCUT2D eigenvalue weighted by Gasteiger charge is -2.31. The van der Waals surface area contributed by atoms with Crippen molar-refractivity contribution in [3.63, 3.8) is 0 Å². The summed E-state index contributed by atoms with van der Waals surface area (Å²) in [4.78, 5) is 22.4. The van der Waals surface area contributed by atoms with Crippen LogP contribution in [0, 0.1) is 10.1 Å². The molecule has 2 unspecified atom stereocenters. The first-order valence-electron chi connectivity index (χ1n) is 8.22. The van der Waals surface area contributed by atoms with E-state index in [1.807, 2.05) is 0 Å². The number of sulfonamides is 1.